The van der Waals surface area contributed by atoms with Crippen molar-refractivity contribution in [3.05, 3.63) is 40.9 Å². The molecule has 3 heteroatoms. The highest BCUT2D eigenvalue weighted by atomic mass is 35.5. The van der Waals surface area contributed by atoms with Gasteiger partial charge in [-0.3, -0.25) is 4.79 Å². The summed E-state index contributed by atoms with van der Waals surface area (Å²) in [6.07, 6.45) is 6.92. The van der Waals surface area contributed by atoms with Crippen LogP contribution in [0.25, 0.3) is 6.08 Å². The number of nitrogens with zero attached hydrogens (tertiary/aromatic N) is 1. The summed E-state index contributed by atoms with van der Waals surface area (Å²) < 4.78 is 0. The van der Waals surface area contributed by atoms with Gasteiger partial charge in [0.05, 0.1) is 0 Å². The van der Waals surface area contributed by atoms with Crippen molar-refractivity contribution in [1.29, 1.82) is 0 Å². The number of carbonyl (C=O) groups is 1. The lowest BCUT2D eigenvalue weighted by Gasteiger charge is -2.32. The van der Waals surface area contributed by atoms with Crippen LogP contribution in [0.5, 0.6) is 0 Å². The first-order chi connectivity index (χ1) is 8.66. The van der Waals surface area contributed by atoms with Crippen LogP contribution < -0.4 is 0 Å². The van der Waals surface area contributed by atoms with Gasteiger partial charge in [0.2, 0.25) is 5.91 Å². The lowest BCUT2D eigenvalue weighted by Crippen LogP contribution is -2.41. The summed E-state index contributed by atoms with van der Waals surface area (Å²) in [6.45, 7) is 2.99. The molecule has 1 aromatic carbocycles. The van der Waals surface area contributed by atoms with Gasteiger partial charge in [-0.25, -0.2) is 0 Å². The van der Waals surface area contributed by atoms with Crippen molar-refractivity contribution in [2.24, 2.45) is 0 Å². The van der Waals surface area contributed by atoms with E-state index in [-0.39, 0.29) is 5.91 Å². The van der Waals surface area contributed by atoms with E-state index in [0.29, 0.717) is 11.1 Å². The molecule has 1 unspecified atom stereocenters. The summed E-state index contributed by atoms with van der Waals surface area (Å²) in [6, 6.07) is 7.86. The van der Waals surface area contributed by atoms with E-state index in [2.05, 4.69) is 6.92 Å². The van der Waals surface area contributed by atoms with Crippen LogP contribution in [0, 0.1) is 0 Å². The average Bonchev–Trinajstić information content (AvgIpc) is 2.37. The predicted octanol–water partition coefficient (Wildman–Crippen LogP) is 3.75. The molecular formula is C15H18ClNO. The van der Waals surface area contributed by atoms with E-state index < -0.39 is 0 Å². The van der Waals surface area contributed by atoms with Crippen LogP contribution >= 0.6 is 11.6 Å². The third-order valence-electron chi connectivity index (χ3n) is 3.35. The Morgan fingerprint density at radius 1 is 1.44 bits per heavy atom. The molecule has 0 spiro atoms. The molecule has 0 saturated carbocycles. The molecule has 2 nitrogen and oxygen atoms in total. The van der Waals surface area contributed by atoms with Crippen LogP contribution in [0.1, 0.15) is 31.7 Å². The Hall–Kier alpha value is -1.28. The largest absolute Gasteiger partial charge is 0.336 e. The van der Waals surface area contributed by atoms with Crippen molar-refractivity contribution in [2.45, 2.75) is 32.2 Å². The van der Waals surface area contributed by atoms with Crippen molar-refractivity contribution >= 4 is 23.6 Å². The molecule has 1 heterocycles. The number of carbonyl (C=O) groups excluding carboxylic acids is 1. The molecule has 18 heavy (non-hydrogen) atoms. The van der Waals surface area contributed by atoms with Gasteiger partial charge in [-0.15, -0.1) is 0 Å². The summed E-state index contributed by atoms with van der Waals surface area (Å²) in [5.41, 5.74) is 0.959. The minimum atomic E-state index is 0.0992. The maximum atomic E-state index is 12.1. The fraction of sp³-hybridized carbons (Fsp3) is 0.400. The summed E-state index contributed by atoms with van der Waals surface area (Å²) in [4.78, 5) is 14.0. The van der Waals surface area contributed by atoms with E-state index in [1.807, 2.05) is 35.2 Å². The molecule has 1 aromatic rings. The van der Waals surface area contributed by atoms with Gasteiger partial charge >= 0.3 is 0 Å². The second-order valence-corrected chi connectivity index (χ2v) is 5.20. The Balaban J connectivity index is 2.02. The molecule has 1 aliphatic heterocycles. The van der Waals surface area contributed by atoms with Gasteiger partial charge in [0.1, 0.15) is 0 Å². The number of amides is 1. The van der Waals surface area contributed by atoms with Crippen LogP contribution in [-0.2, 0) is 4.79 Å². The van der Waals surface area contributed by atoms with Crippen LogP contribution in [-0.4, -0.2) is 23.4 Å². The number of hydrogen-bond acceptors (Lipinski definition) is 1. The smallest absolute Gasteiger partial charge is 0.246 e. The minimum Gasteiger partial charge on any atom is -0.336 e. The molecule has 0 aromatic heterocycles. The second kappa shape index (κ2) is 6.05. The fourth-order valence-electron chi connectivity index (χ4n) is 2.30. The average molecular weight is 264 g/mol. The topological polar surface area (TPSA) is 20.3 Å². The van der Waals surface area contributed by atoms with Crippen molar-refractivity contribution in [2.75, 3.05) is 6.54 Å². The van der Waals surface area contributed by atoms with E-state index >= 15 is 0 Å². The van der Waals surface area contributed by atoms with E-state index in [1.165, 1.54) is 6.42 Å². The molecule has 96 valence electrons. The number of hydrogen-bond donors (Lipinski definition) is 0. The van der Waals surface area contributed by atoms with Gasteiger partial charge in [0.15, 0.2) is 0 Å². The highest BCUT2D eigenvalue weighted by molar-refractivity contribution is 6.30. The first kappa shape index (κ1) is 13.2. The zero-order chi connectivity index (χ0) is 13.0. The van der Waals surface area contributed by atoms with E-state index in [0.717, 1.165) is 24.9 Å². The Kier molecular flexibility index (Phi) is 4.43. The van der Waals surface area contributed by atoms with E-state index in [1.54, 1.807) is 6.08 Å². The van der Waals surface area contributed by atoms with E-state index in [4.69, 9.17) is 11.6 Å². The minimum absolute atomic E-state index is 0.0992. The summed E-state index contributed by atoms with van der Waals surface area (Å²) in [5.74, 6) is 0.0992. The summed E-state index contributed by atoms with van der Waals surface area (Å²) in [5, 5.41) is 0.691. The first-order valence-electron chi connectivity index (χ1n) is 6.41. The van der Waals surface area contributed by atoms with Gasteiger partial charge in [0.25, 0.3) is 0 Å². The van der Waals surface area contributed by atoms with Gasteiger partial charge in [-0.1, -0.05) is 23.7 Å². The molecule has 2 rings (SSSR count). The maximum Gasteiger partial charge on any atom is 0.246 e. The molecule has 1 amide bonds. The number of rotatable bonds is 2. The number of benzene rings is 1. The zero-order valence-corrected chi connectivity index (χ0v) is 11.4. The first-order valence-corrected chi connectivity index (χ1v) is 6.79. The lowest BCUT2D eigenvalue weighted by molar-refractivity contribution is -0.129. The highest BCUT2D eigenvalue weighted by Crippen LogP contribution is 2.17. The number of halogens is 1. The fourth-order valence-corrected chi connectivity index (χ4v) is 2.50. The van der Waals surface area contributed by atoms with Crippen LogP contribution in [0.3, 0.4) is 0 Å². The third kappa shape index (κ3) is 3.36. The Morgan fingerprint density at radius 3 is 3.00 bits per heavy atom. The van der Waals surface area contributed by atoms with Crippen molar-refractivity contribution in [3.8, 4) is 0 Å². The number of piperidine rings is 1. The second-order valence-electron chi connectivity index (χ2n) is 4.76. The molecule has 1 aliphatic rings. The summed E-state index contributed by atoms with van der Waals surface area (Å²) >= 11 is 5.90. The molecule has 1 fully saturated rings. The van der Waals surface area contributed by atoms with Crippen molar-refractivity contribution < 1.29 is 4.79 Å². The quantitative estimate of drug-likeness (QED) is 0.744. The van der Waals surface area contributed by atoms with Crippen LogP contribution in [0.4, 0.5) is 0 Å². The van der Waals surface area contributed by atoms with Gasteiger partial charge in [-0.05, 0) is 50.0 Å². The molecule has 1 saturated heterocycles. The Bertz CT molecular complexity index is 456. The number of likely N-dealkylation sites (tertiary alicyclic amines) is 1. The molecule has 0 aliphatic carbocycles. The highest BCUT2D eigenvalue weighted by Gasteiger charge is 2.20. The zero-order valence-electron chi connectivity index (χ0n) is 10.6. The van der Waals surface area contributed by atoms with Crippen LogP contribution in [0.2, 0.25) is 5.02 Å². The molecule has 1 atom stereocenters. The van der Waals surface area contributed by atoms with Gasteiger partial charge < -0.3 is 4.90 Å². The summed E-state index contributed by atoms with van der Waals surface area (Å²) in [7, 11) is 0. The Labute approximate surface area is 113 Å². The molecule has 0 radical (unpaired) electrons. The normalized spacial score (nSPS) is 20.3. The van der Waals surface area contributed by atoms with Crippen LogP contribution in [0.15, 0.2) is 30.3 Å². The molecule has 0 N–H and O–H groups in total. The predicted molar refractivity (Wildman–Crippen MR) is 75.5 cm³/mol. The SMILES string of the molecule is CC1CCCCN1C(=O)C=Cc1cccc(Cl)c1. The van der Waals surface area contributed by atoms with Crippen molar-refractivity contribution in [3.63, 3.8) is 0 Å². The van der Waals surface area contributed by atoms with Gasteiger partial charge in [0, 0.05) is 23.7 Å². The van der Waals surface area contributed by atoms with Gasteiger partial charge in [-0.2, -0.15) is 0 Å². The maximum absolute atomic E-state index is 12.1. The lowest BCUT2D eigenvalue weighted by atomic mass is 10.0. The third-order valence-corrected chi connectivity index (χ3v) is 3.59. The molecular weight excluding hydrogens is 246 g/mol. The molecule has 0 bridgehead atoms. The standard InChI is InChI=1S/C15H18ClNO/c1-12-5-2-3-10-17(12)15(18)9-8-13-6-4-7-14(16)11-13/h4,6-9,11-12H,2-3,5,10H2,1H3. The van der Waals surface area contributed by atoms with Crippen molar-refractivity contribution in [1.82, 2.24) is 4.90 Å². The monoisotopic (exact) mass is 263 g/mol. The Morgan fingerprint density at radius 2 is 2.28 bits per heavy atom. The van der Waals surface area contributed by atoms with E-state index in [9.17, 15) is 4.79 Å².